The number of rotatable bonds is 8. The second-order valence-corrected chi connectivity index (χ2v) is 8.40. The number of amides is 3. The summed E-state index contributed by atoms with van der Waals surface area (Å²) in [6.07, 6.45) is 3.07. The highest BCUT2D eigenvalue weighted by molar-refractivity contribution is 6.22. The number of nitrogens with one attached hydrogen (secondary N) is 1. The Morgan fingerprint density at radius 3 is 2.41 bits per heavy atom. The minimum Gasteiger partial charge on any atom is -0.452 e. The van der Waals surface area contributed by atoms with Crippen LogP contribution in [0.4, 0.5) is 5.69 Å². The van der Waals surface area contributed by atoms with Crippen molar-refractivity contribution in [2.75, 3.05) is 25.1 Å². The van der Waals surface area contributed by atoms with E-state index in [1.165, 1.54) is 23.1 Å². The number of carbonyl (C=O) groups excluding carboxylic acids is 4. The lowest BCUT2D eigenvalue weighted by Gasteiger charge is -2.17. The first-order valence-electron chi connectivity index (χ1n) is 11.6. The molecule has 0 aromatic heterocycles. The molecule has 8 heteroatoms. The Morgan fingerprint density at radius 2 is 1.76 bits per heavy atom. The Bertz CT molecular complexity index is 1110. The van der Waals surface area contributed by atoms with E-state index in [1.54, 1.807) is 0 Å². The molecule has 1 fully saturated rings. The summed E-state index contributed by atoms with van der Waals surface area (Å²) in [4.78, 5) is 51.6. The molecule has 0 saturated carbocycles. The average molecular weight is 465 g/mol. The average Bonchev–Trinajstić information content (AvgIpc) is 3.45. The minimum atomic E-state index is -0.740. The number of para-hydroxylation sites is 1. The third-order valence-corrected chi connectivity index (χ3v) is 6.21. The number of hydrogen-bond donors (Lipinski definition) is 1. The normalized spacial score (nSPS) is 17.1. The van der Waals surface area contributed by atoms with Gasteiger partial charge in [0.05, 0.1) is 29.3 Å². The molecule has 8 nitrogen and oxygen atoms in total. The van der Waals surface area contributed by atoms with E-state index in [0.717, 1.165) is 42.5 Å². The Hall–Kier alpha value is -3.52. The number of nitrogens with zero attached hydrogens (tertiary/aromatic N) is 1. The summed E-state index contributed by atoms with van der Waals surface area (Å²) in [5.41, 5.74) is 3.28. The van der Waals surface area contributed by atoms with Crippen molar-refractivity contribution < 1.29 is 28.7 Å². The molecule has 2 aromatic rings. The van der Waals surface area contributed by atoms with Gasteiger partial charge in [-0.3, -0.25) is 19.3 Å². The van der Waals surface area contributed by atoms with Gasteiger partial charge in [-0.05, 0) is 55.0 Å². The molecule has 4 rings (SSSR count). The maximum absolute atomic E-state index is 12.8. The number of benzene rings is 2. The molecule has 0 aliphatic carbocycles. The standard InChI is InChI=1S/C26H28N2O6/c1-3-16-7-5-8-17(4-2)23(16)27-22(29)15-34-26(32)18-10-11-20-21(13-18)25(31)28(24(20)30)14-19-9-6-12-33-19/h5,7-8,10-11,13,19H,3-4,6,9,12,14-15H2,1-2H3,(H,27,29)/t19-/m1/s1. The van der Waals surface area contributed by atoms with E-state index in [9.17, 15) is 19.2 Å². The fourth-order valence-corrected chi connectivity index (χ4v) is 4.37. The van der Waals surface area contributed by atoms with E-state index in [-0.39, 0.29) is 29.3 Å². The van der Waals surface area contributed by atoms with Crippen molar-refractivity contribution in [3.8, 4) is 0 Å². The smallest absolute Gasteiger partial charge is 0.338 e. The summed E-state index contributed by atoms with van der Waals surface area (Å²) >= 11 is 0. The van der Waals surface area contributed by atoms with Gasteiger partial charge in [0, 0.05) is 12.3 Å². The molecule has 2 heterocycles. The predicted octanol–water partition coefficient (Wildman–Crippen LogP) is 3.38. The lowest BCUT2D eigenvalue weighted by atomic mass is 10.0. The van der Waals surface area contributed by atoms with Crippen LogP contribution in [0, 0.1) is 0 Å². The van der Waals surface area contributed by atoms with Crippen LogP contribution in [0.3, 0.4) is 0 Å². The maximum atomic E-state index is 12.8. The van der Waals surface area contributed by atoms with Gasteiger partial charge in [0.25, 0.3) is 17.7 Å². The molecule has 34 heavy (non-hydrogen) atoms. The molecular formula is C26H28N2O6. The maximum Gasteiger partial charge on any atom is 0.338 e. The highest BCUT2D eigenvalue weighted by atomic mass is 16.5. The first-order valence-corrected chi connectivity index (χ1v) is 11.6. The number of carbonyl (C=O) groups is 4. The third kappa shape index (κ3) is 4.72. The van der Waals surface area contributed by atoms with Gasteiger partial charge >= 0.3 is 5.97 Å². The number of anilines is 1. The zero-order valence-electron chi connectivity index (χ0n) is 19.4. The number of fused-ring (bicyclic) bond motifs is 1. The molecular weight excluding hydrogens is 436 g/mol. The van der Waals surface area contributed by atoms with Crippen molar-refractivity contribution in [1.82, 2.24) is 4.90 Å². The molecule has 1 N–H and O–H groups in total. The van der Waals surface area contributed by atoms with Crippen LogP contribution in [0.1, 0.15) is 68.9 Å². The Morgan fingerprint density at radius 1 is 1.06 bits per heavy atom. The van der Waals surface area contributed by atoms with Crippen LogP contribution < -0.4 is 5.32 Å². The predicted molar refractivity (Wildman–Crippen MR) is 125 cm³/mol. The quantitative estimate of drug-likeness (QED) is 0.475. The van der Waals surface area contributed by atoms with E-state index in [4.69, 9.17) is 9.47 Å². The molecule has 178 valence electrons. The highest BCUT2D eigenvalue weighted by Crippen LogP contribution is 2.26. The fraction of sp³-hybridized carbons (Fsp3) is 0.385. The number of imide groups is 1. The zero-order valence-corrected chi connectivity index (χ0v) is 19.4. The van der Waals surface area contributed by atoms with Crippen LogP contribution in [-0.4, -0.2) is 54.5 Å². The fourth-order valence-electron chi connectivity index (χ4n) is 4.37. The van der Waals surface area contributed by atoms with Crippen LogP contribution in [0.15, 0.2) is 36.4 Å². The van der Waals surface area contributed by atoms with Crippen LogP contribution >= 0.6 is 0 Å². The zero-order chi connectivity index (χ0) is 24.2. The lowest BCUT2D eigenvalue weighted by molar-refractivity contribution is -0.119. The molecule has 2 aliphatic heterocycles. The minimum absolute atomic E-state index is 0.106. The third-order valence-electron chi connectivity index (χ3n) is 6.21. The monoisotopic (exact) mass is 464 g/mol. The second-order valence-electron chi connectivity index (χ2n) is 8.40. The van der Waals surface area contributed by atoms with Crippen LogP contribution in [0.2, 0.25) is 0 Å². The van der Waals surface area contributed by atoms with E-state index in [2.05, 4.69) is 5.32 Å². The molecule has 0 unspecified atom stereocenters. The largest absolute Gasteiger partial charge is 0.452 e. The van der Waals surface area contributed by atoms with E-state index < -0.39 is 30.3 Å². The van der Waals surface area contributed by atoms with Crippen molar-refractivity contribution >= 4 is 29.4 Å². The van der Waals surface area contributed by atoms with Crippen molar-refractivity contribution in [1.29, 1.82) is 0 Å². The van der Waals surface area contributed by atoms with Crippen LogP contribution in [0.25, 0.3) is 0 Å². The lowest BCUT2D eigenvalue weighted by Crippen LogP contribution is -2.36. The molecule has 0 radical (unpaired) electrons. The van der Waals surface area contributed by atoms with Gasteiger partial charge in [-0.2, -0.15) is 0 Å². The summed E-state index contributed by atoms with van der Waals surface area (Å²) in [5.74, 6) is -2.03. The summed E-state index contributed by atoms with van der Waals surface area (Å²) in [6.45, 7) is 4.38. The van der Waals surface area contributed by atoms with Crippen molar-refractivity contribution in [2.24, 2.45) is 0 Å². The van der Waals surface area contributed by atoms with E-state index >= 15 is 0 Å². The molecule has 2 aliphatic rings. The van der Waals surface area contributed by atoms with Gasteiger partial charge < -0.3 is 14.8 Å². The number of ether oxygens (including phenoxy) is 2. The summed E-state index contributed by atoms with van der Waals surface area (Å²) in [5, 5.41) is 2.85. The van der Waals surface area contributed by atoms with E-state index in [1.807, 2.05) is 32.0 Å². The van der Waals surface area contributed by atoms with E-state index in [0.29, 0.717) is 6.61 Å². The second kappa shape index (κ2) is 10.2. The van der Waals surface area contributed by atoms with Crippen molar-refractivity contribution in [2.45, 2.75) is 45.6 Å². The Balaban J connectivity index is 1.40. The van der Waals surface area contributed by atoms with Crippen LogP contribution in [-0.2, 0) is 27.1 Å². The number of hydrogen-bond acceptors (Lipinski definition) is 6. The van der Waals surface area contributed by atoms with Crippen molar-refractivity contribution in [3.05, 3.63) is 64.2 Å². The SMILES string of the molecule is CCc1cccc(CC)c1NC(=O)COC(=O)c1ccc2c(c1)C(=O)N(C[C@H]1CCCO1)C2=O. The van der Waals surface area contributed by atoms with Gasteiger partial charge in [-0.1, -0.05) is 32.0 Å². The molecule has 0 bridgehead atoms. The van der Waals surface area contributed by atoms with Gasteiger partial charge in [-0.25, -0.2) is 4.79 Å². The highest BCUT2D eigenvalue weighted by Gasteiger charge is 2.38. The molecule has 1 atom stereocenters. The molecule has 2 aromatic carbocycles. The van der Waals surface area contributed by atoms with Gasteiger partial charge in [0.1, 0.15) is 0 Å². The molecule has 0 spiro atoms. The summed E-state index contributed by atoms with van der Waals surface area (Å²) in [7, 11) is 0. The van der Waals surface area contributed by atoms with Crippen molar-refractivity contribution in [3.63, 3.8) is 0 Å². The van der Waals surface area contributed by atoms with Crippen LogP contribution in [0.5, 0.6) is 0 Å². The van der Waals surface area contributed by atoms with Gasteiger partial charge in [0.15, 0.2) is 6.61 Å². The topological polar surface area (TPSA) is 102 Å². The number of esters is 1. The molecule has 1 saturated heterocycles. The summed E-state index contributed by atoms with van der Waals surface area (Å²) in [6, 6.07) is 10.1. The number of aryl methyl sites for hydroxylation is 2. The Labute approximate surface area is 198 Å². The first kappa shape index (κ1) is 23.6. The van der Waals surface area contributed by atoms with Gasteiger partial charge in [-0.15, -0.1) is 0 Å². The van der Waals surface area contributed by atoms with Gasteiger partial charge in [0.2, 0.25) is 0 Å². The molecule has 3 amide bonds. The first-order chi connectivity index (χ1) is 16.4. The Kier molecular flexibility index (Phi) is 7.07. The summed E-state index contributed by atoms with van der Waals surface area (Å²) < 4.78 is 10.7.